The molecule has 1 rings (SSSR count). The number of hydrogen-bond acceptors (Lipinski definition) is 2. The van der Waals surface area contributed by atoms with Crippen LogP contribution in [0.25, 0.3) is 0 Å². The monoisotopic (exact) mass is 234 g/mol. The highest BCUT2D eigenvalue weighted by Gasteiger charge is 2.02. The van der Waals surface area contributed by atoms with Crippen LogP contribution in [-0.4, -0.2) is 11.5 Å². The van der Waals surface area contributed by atoms with Crippen LogP contribution in [-0.2, 0) is 4.79 Å². The van der Waals surface area contributed by atoms with Crippen LogP contribution in [0.5, 0.6) is 0 Å². The maximum absolute atomic E-state index is 11.5. The van der Waals surface area contributed by atoms with E-state index in [1.54, 1.807) is 11.8 Å². The zero-order valence-electron chi connectivity index (χ0n) is 9.74. The van der Waals surface area contributed by atoms with Crippen molar-refractivity contribution in [1.29, 1.82) is 0 Å². The number of Topliss-reactive ketones (excluding diaryl/α,β-unsaturated/α-hetero) is 1. The Morgan fingerprint density at radius 3 is 3.00 bits per heavy atom. The van der Waals surface area contributed by atoms with E-state index in [1.165, 1.54) is 10.5 Å². The zero-order chi connectivity index (χ0) is 11.8. The van der Waals surface area contributed by atoms with Crippen molar-refractivity contribution in [2.75, 3.05) is 5.75 Å². The Bertz CT molecular complexity index is 358. The largest absolute Gasteiger partial charge is 0.299 e. The number of benzene rings is 1. The molecule has 0 radical (unpaired) electrons. The molecule has 0 bridgehead atoms. The standard InChI is InChI=1S/C14H18OS/c1-3-4-5-8-13(15)11-16-14-9-6-7-12(2)10-14/h3,6-7,9-10H,1,4-5,8,11H2,2H3. The molecule has 1 aromatic carbocycles. The molecule has 86 valence electrons. The molecular formula is C14H18OS. The number of allylic oxidation sites excluding steroid dienone is 1. The van der Waals surface area contributed by atoms with Gasteiger partial charge in [0.15, 0.2) is 0 Å². The summed E-state index contributed by atoms with van der Waals surface area (Å²) in [6, 6.07) is 8.26. The summed E-state index contributed by atoms with van der Waals surface area (Å²) in [5.74, 6) is 0.911. The fourth-order valence-electron chi connectivity index (χ4n) is 1.38. The minimum absolute atomic E-state index is 0.327. The molecule has 0 fully saturated rings. The second-order valence-electron chi connectivity index (χ2n) is 3.82. The first-order valence-electron chi connectivity index (χ1n) is 5.54. The van der Waals surface area contributed by atoms with E-state index in [0.29, 0.717) is 18.0 Å². The van der Waals surface area contributed by atoms with Gasteiger partial charge in [0.05, 0.1) is 5.75 Å². The Balaban J connectivity index is 2.28. The number of rotatable bonds is 7. The lowest BCUT2D eigenvalue weighted by molar-refractivity contribution is -0.116. The average Bonchev–Trinajstić information content (AvgIpc) is 2.27. The van der Waals surface area contributed by atoms with E-state index in [9.17, 15) is 4.79 Å². The molecule has 1 nitrogen and oxygen atoms in total. The Morgan fingerprint density at radius 2 is 2.31 bits per heavy atom. The van der Waals surface area contributed by atoms with Gasteiger partial charge in [-0.3, -0.25) is 4.79 Å². The van der Waals surface area contributed by atoms with E-state index in [4.69, 9.17) is 0 Å². The molecule has 0 aromatic heterocycles. The molecule has 0 aliphatic carbocycles. The highest BCUT2D eigenvalue weighted by Crippen LogP contribution is 2.19. The van der Waals surface area contributed by atoms with E-state index >= 15 is 0 Å². The molecule has 2 heteroatoms. The summed E-state index contributed by atoms with van der Waals surface area (Å²) in [5, 5.41) is 0. The summed E-state index contributed by atoms with van der Waals surface area (Å²) in [6.07, 6.45) is 4.39. The number of aryl methyl sites for hydroxylation is 1. The molecule has 1 aromatic rings. The third-order valence-corrected chi connectivity index (χ3v) is 3.31. The fraction of sp³-hybridized carbons (Fsp3) is 0.357. The molecule has 0 atom stereocenters. The molecular weight excluding hydrogens is 216 g/mol. The maximum atomic E-state index is 11.5. The number of thioether (sulfide) groups is 1. The molecule has 0 heterocycles. The minimum Gasteiger partial charge on any atom is -0.299 e. The van der Waals surface area contributed by atoms with Crippen molar-refractivity contribution in [3.63, 3.8) is 0 Å². The Labute approximate surface area is 102 Å². The lowest BCUT2D eigenvalue weighted by Crippen LogP contribution is -2.00. The first-order valence-corrected chi connectivity index (χ1v) is 6.53. The Hall–Kier alpha value is -1.02. The number of unbranched alkanes of at least 4 members (excludes halogenated alkanes) is 1. The Kier molecular flexibility index (Phi) is 5.94. The van der Waals surface area contributed by atoms with Crippen LogP contribution in [0.2, 0.25) is 0 Å². The van der Waals surface area contributed by atoms with Gasteiger partial charge in [0, 0.05) is 11.3 Å². The van der Waals surface area contributed by atoms with E-state index < -0.39 is 0 Å². The number of ketones is 1. The van der Waals surface area contributed by atoms with Crippen LogP contribution < -0.4 is 0 Å². The van der Waals surface area contributed by atoms with Crippen LogP contribution in [0.15, 0.2) is 41.8 Å². The van der Waals surface area contributed by atoms with Crippen molar-refractivity contribution in [3.8, 4) is 0 Å². The molecule has 16 heavy (non-hydrogen) atoms. The number of hydrogen-bond donors (Lipinski definition) is 0. The highest BCUT2D eigenvalue weighted by molar-refractivity contribution is 8.00. The van der Waals surface area contributed by atoms with E-state index in [1.807, 2.05) is 12.1 Å². The second kappa shape index (κ2) is 7.29. The van der Waals surface area contributed by atoms with Gasteiger partial charge in [0.2, 0.25) is 0 Å². The van der Waals surface area contributed by atoms with Crippen molar-refractivity contribution in [2.45, 2.75) is 31.1 Å². The third-order valence-electron chi connectivity index (χ3n) is 2.25. The SMILES string of the molecule is C=CCCCC(=O)CSc1cccc(C)c1. The zero-order valence-corrected chi connectivity index (χ0v) is 10.6. The van der Waals surface area contributed by atoms with Gasteiger partial charge in [0.25, 0.3) is 0 Å². The van der Waals surface area contributed by atoms with Crippen LogP contribution in [0.4, 0.5) is 0 Å². The summed E-state index contributed by atoms with van der Waals surface area (Å²) in [5.41, 5.74) is 1.24. The Morgan fingerprint density at radius 1 is 1.50 bits per heavy atom. The van der Waals surface area contributed by atoms with Crippen molar-refractivity contribution < 1.29 is 4.79 Å². The van der Waals surface area contributed by atoms with Gasteiger partial charge >= 0.3 is 0 Å². The maximum Gasteiger partial charge on any atom is 0.143 e. The molecule has 0 amide bonds. The highest BCUT2D eigenvalue weighted by atomic mass is 32.2. The molecule has 0 aliphatic heterocycles. The van der Waals surface area contributed by atoms with E-state index in [0.717, 1.165) is 12.8 Å². The first kappa shape index (κ1) is 13.0. The first-order chi connectivity index (χ1) is 7.72. The van der Waals surface area contributed by atoms with Crippen molar-refractivity contribution in [2.24, 2.45) is 0 Å². The van der Waals surface area contributed by atoms with Crippen LogP contribution in [0.3, 0.4) is 0 Å². The predicted molar refractivity (Wildman–Crippen MR) is 71.0 cm³/mol. The molecule has 0 spiro atoms. The molecule has 0 saturated carbocycles. The normalized spacial score (nSPS) is 10.1. The smallest absolute Gasteiger partial charge is 0.143 e. The van der Waals surface area contributed by atoms with Gasteiger partial charge in [-0.1, -0.05) is 23.8 Å². The minimum atomic E-state index is 0.327. The molecule has 0 saturated heterocycles. The van der Waals surface area contributed by atoms with E-state index in [2.05, 4.69) is 31.7 Å². The summed E-state index contributed by atoms with van der Waals surface area (Å²) in [4.78, 5) is 12.7. The van der Waals surface area contributed by atoms with Gasteiger partial charge in [0.1, 0.15) is 5.78 Å². The van der Waals surface area contributed by atoms with Crippen molar-refractivity contribution in [3.05, 3.63) is 42.5 Å². The van der Waals surface area contributed by atoms with Crippen LogP contribution in [0, 0.1) is 6.92 Å². The summed E-state index contributed by atoms with van der Waals surface area (Å²) < 4.78 is 0. The lowest BCUT2D eigenvalue weighted by Gasteiger charge is -2.02. The quantitative estimate of drug-likeness (QED) is 0.403. The molecule has 0 unspecified atom stereocenters. The van der Waals surface area contributed by atoms with Gasteiger partial charge in [-0.25, -0.2) is 0 Å². The predicted octanol–water partition coefficient (Wildman–Crippen LogP) is 4.01. The summed E-state index contributed by atoms with van der Waals surface area (Å²) in [7, 11) is 0. The van der Waals surface area contributed by atoms with Gasteiger partial charge in [-0.05, 0) is 31.9 Å². The lowest BCUT2D eigenvalue weighted by atomic mass is 10.2. The van der Waals surface area contributed by atoms with Gasteiger partial charge < -0.3 is 0 Å². The summed E-state index contributed by atoms with van der Waals surface area (Å²) in [6.45, 7) is 5.71. The third kappa shape index (κ3) is 5.17. The van der Waals surface area contributed by atoms with Gasteiger partial charge in [-0.15, -0.1) is 18.3 Å². The van der Waals surface area contributed by atoms with Crippen LogP contribution in [0.1, 0.15) is 24.8 Å². The fourth-order valence-corrected chi connectivity index (χ4v) is 2.30. The van der Waals surface area contributed by atoms with Crippen molar-refractivity contribution >= 4 is 17.5 Å². The van der Waals surface area contributed by atoms with Crippen LogP contribution >= 0.6 is 11.8 Å². The summed E-state index contributed by atoms with van der Waals surface area (Å²) >= 11 is 1.63. The molecule has 0 N–H and O–H groups in total. The van der Waals surface area contributed by atoms with E-state index in [-0.39, 0.29) is 0 Å². The van der Waals surface area contributed by atoms with Crippen molar-refractivity contribution in [1.82, 2.24) is 0 Å². The molecule has 0 aliphatic rings. The number of carbonyl (C=O) groups is 1. The average molecular weight is 234 g/mol. The number of carbonyl (C=O) groups excluding carboxylic acids is 1. The van der Waals surface area contributed by atoms with Gasteiger partial charge in [-0.2, -0.15) is 0 Å². The second-order valence-corrected chi connectivity index (χ2v) is 4.87. The topological polar surface area (TPSA) is 17.1 Å².